The van der Waals surface area contributed by atoms with Crippen molar-refractivity contribution in [1.82, 2.24) is 9.80 Å². The van der Waals surface area contributed by atoms with Gasteiger partial charge in [0.1, 0.15) is 5.78 Å². The lowest BCUT2D eigenvalue weighted by atomic mass is 10.1. The van der Waals surface area contributed by atoms with E-state index in [1.54, 1.807) is 0 Å². The highest BCUT2D eigenvalue weighted by molar-refractivity contribution is 5.80. The van der Waals surface area contributed by atoms with E-state index in [-0.39, 0.29) is 5.92 Å². The van der Waals surface area contributed by atoms with Crippen LogP contribution in [0.5, 0.6) is 0 Å². The molecule has 0 N–H and O–H groups in total. The molecule has 1 aromatic rings. The van der Waals surface area contributed by atoms with Gasteiger partial charge < -0.3 is 9.80 Å². The number of benzene rings is 1. The molecule has 1 atom stereocenters. The van der Waals surface area contributed by atoms with Gasteiger partial charge in [0.25, 0.3) is 0 Å². The quantitative estimate of drug-likeness (QED) is 0.672. The van der Waals surface area contributed by atoms with Crippen molar-refractivity contribution < 1.29 is 4.79 Å². The zero-order valence-electron chi connectivity index (χ0n) is 17.4. The summed E-state index contributed by atoms with van der Waals surface area (Å²) in [5, 5.41) is 0. The minimum atomic E-state index is 0.142. The first-order valence-corrected chi connectivity index (χ1v) is 10.2. The molecule has 4 nitrogen and oxygen atoms in total. The smallest absolute Gasteiger partial charge is 0.136 e. The Morgan fingerprint density at radius 3 is 2.23 bits per heavy atom. The number of ketones is 1. The molecule has 1 aromatic carbocycles. The molecule has 0 aromatic heterocycles. The van der Waals surface area contributed by atoms with Crippen molar-refractivity contribution >= 4 is 11.5 Å². The Bertz CT molecular complexity index is 547. The molecule has 1 unspecified atom stereocenters. The van der Waals surface area contributed by atoms with E-state index in [0.717, 1.165) is 39.3 Å². The first kappa shape index (κ1) is 20.9. The van der Waals surface area contributed by atoms with Crippen LogP contribution in [0.1, 0.15) is 46.1 Å². The summed E-state index contributed by atoms with van der Waals surface area (Å²) in [5.74, 6) is 0.493. The van der Waals surface area contributed by atoms with Gasteiger partial charge in [-0.05, 0) is 38.1 Å². The van der Waals surface area contributed by atoms with Gasteiger partial charge in [0, 0.05) is 63.3 Å². The minimum absolute atomic E-state index is 0.142. The van der Waals surface area contributed by atoms with E-state index in [2.05, 4.69) is 59.9 Å². The number of carbonyl (C=O) groups excluding carboxylic acids is 1. The molecule has 146 valence electrons. The predicted molar refractivity (Wildman–Crippen MR) is 111 cm³/mol. The maximum absolute atomic E-state index is 11.8. The molecular formula is C22H37N3O. The highest BCUT2D eigenvalue weighted by Crippen LogP contribution is 2.19. The molecule has 0 radical (unpaired) electrons. The summed E-state index contributed by atoms with van der Waals surface area (Å²) in [6.07, 6.45) is 1.87. The van der Waals surface area contributed by atoms with Gasteiger partial charge in [-0.2, -0.15) is 0 Å². The van der Waals surface area contributed by atoms with E-state index in [9.17, 15) is 4.79 Å². The number of nitrogens with zero attached hydrogens (tertiary/aromatic N) is 3. The van der Waals surface area contributed by atoms with Crippen molar-refractivity contribution in [2.45, 2.75) is 53.1 Å². The van der Waals surface area contributed by atoms with Crippen molar-refractivity contribution in [2.75, 3.05) is 44.7 Å². The third kappa shape index (κ3) is 6.10. The van der Waals surface area contributed by atoms with E-state index in [1.807, 2.05) is 13.8 Å². The van der Waals surface area contributed by atoms with Crippen LogP contribution in [0.2, 0.25) is 0 Å². The van der Waals surface area contributed by atoms with Crippen LogP contribution in [0.25, 0.3) is 0 Å². The van der Waals surface area contributed by atoms with Crippen molar-refractivity contribution in [3.63, 3.8) is 0 Å². The molecule has 0 saturated carbocycles. The molecule has 2 rings (SSSR count). The molecule has 1 aliphatic rings. The first-order valence-electron chi connectivity index (χ1n) is 10.2. The molecule has 1 heterocycles. The number of piperazine rings is 1. The Morgan fingerprint density at radius 2 is 1.69 bits per heavy atom. The lowest BCUT2D eigenvalue weighted by Gasteiger charge is -2.39. The summed E-state index contributed by atoms with van der Waals surface area (Å²) in [5.41, 5.74) is 2.64. The first-order chi connectivity index (χ1) is 12.4. The highest BCUT2D eigenvalue weighted by Gasteiger charge is 2.20. The molecule has 0 bridgehead atoms. The monoisotopic (exact) mass is 359 g/mol. The lowest BCUT2D eigenvalue weighted by Crippen LogP contribution is -2.49. The zero-order valence-corrected chi connectivity index (χ0v) is 17.4. The minimum Gasteiger partial charge on any atom is -0.369 e. The normalized spacial score (nSPS) is 17.1. The fraction of sp³-hybridized carbons (Fsp3) is 0.682. The number of hydrogen-bond acceptors (Lipinski definition) is 4. The average Bonchev–Trinajstić information content (AvgIpc) is 2.66. The van der Waals surface area contributed by atoms with Crippen LogP contribution in [0, 0.1) is 5.92 Å². The molecule has 1 saturated heterocycles. The molecular weight excluding hydrogens is 322 g/mol. The predicted octanol–water partition coefficient (Wildman–Crippen LogP) is 3.65. The van der Waals surface area contributed by atoms with Crippen LogP contribution in [0.4, 0.5) is 5.69 Å². The third-order valence-corrected chi connectivity index (χ3v) is 5.67. The SMILES string of the molecule is CCC(C)N1CCN(c2ccc(CN(C)CCC(=O)C(C)C)cc2)CC1. The van der Waals surface area contributed by atoms with Crippen LogP contribution < -0.4 is 4.90 Å². The van der Waals surface area contributed by atoms with Crippen molar-refractivity contribution in [3.8, 4) is 0 Å². The summed E-state index contributed by atoms with van der Waals surface area (Å²) in [6, 6.07) is 9.66. The second kappa shape index (κ2) is 10.1. The average molecular weight is 360 g/mol. The molecule has 1 fully saturated rings. The molecule has 0 amide bonds. The Labute approximate surface area is 160 Å². The lowest BCUT2D eigenvalue weighted by molar-refractivity contribution is -0.122. The second-order valence-corrected chi connectivity index (χ2v) is 8.06. The van der Waals surface area contributed by atoms with E-state index in [0.29, 0.717) is 18.2 Å². The van der Waals surface area contributed by atoms with Gasteiger partial charge in [0.2, 0.25) is 0 Å². The van der Waals surface area contributed by atoms with Crippen LogP contribution in [0.15, 0.2) is 24.3 Å². The summed E-state index contributed by atoms with van der Waals surface area (Å²) >= 11 is 0. The molecule has 0 aliphatic carbocycles. The molecule has 0 spiro atoms. The summed E-state index contributed by atoms with van der Waals surface area (Å²) < 4.78 is 0. The Kier molecular flexibility index (Phi) is 8.11. The van der Waals surface area contributed by atoms with Gasteiger partial charge in [-0.25, -0.2) is 0 Å². The topological polar surface area (TPSA) is 26.8 Å². The Balaban J connectivity index is 1.80. The van der Waals surface area contributed by atoms with Crippen LogP contribution >= 0.6 is 0 Å². The Morgan fingerprint density at radius 1 is 1.08 bits per heavy atom. The van der Waals surface area contributed by atoms with Crippen LogP contribution in [-0.2, 0) is 11.3 Å². The Hall–Kier alpha value is -1.39. The number of hydrogen-bond donors (Lipinski definition) is 0. The van der Waals surface area contributed by atoms with E-state index in [4.69, 9.17) is 0 Å². The second-order valence-electron chi connectivity index (χ2n) is 8.06. The molecule has 26 heavy (non-hydrogen) atoms. The van der Waals surface area contributed by atoms with Gasteiger partial charge in [-0.15, -0.1) is 0 Å². The van der Waals surface area contributed by atoms with Gasteiger partial charge in [-0.1, -0.05) is 32.9 Å². The largest absolute Gasteiger partial charge is 0.369 e. The van der Waals surface area contributed by atoms with Gasteiger partial charge >= 0.3 is 0 Å². The van der Waals surface area contributed by atoms with E-state index < -0.39 is 0 Å². The van der Waals surface area contributed by atoms with Gasteiger partial charge in [-0.3, -0.25) is 9.69 Å². The zero-order chi connectivity index (χ0) is 19.1. The summed E-state index contributed by atoms with van der Waals surface area (Å²) in [7, 11) is 2.09. The third-order valence-electron chi connectivity index (χ3n) is 5.67. The fourth-order valence-corrected chi connectivity index (χ4v) is 3.47. The van der Waals surface area contributed by atoms with Gasteiger partial charge in [0.05, 0.1) is 0 Å². The van der Waals surface area contributed by atoms with Crippen molar-refractivity contribution in [3.05, 3.63) is 29.8 Å². The van der Waals surface area contributed by atoms with E-state index in [1.165, 1.54) is 17.7 Å². The fourth-order valence-electron chi connectivity index (χ4n) is 3.47. The summed E-state index contributed by atoms with van der Waals surface area (Å²) in [6.45, 7) is 14.8. The number of carbonyl (C=O) groups is 1. The summed E-state index contributed by atoms with van der Waals surface area (Å²) in [4.78, 5) is 19.1. The van der Waals surface area contributed by atoms with Gasteiger partial charge in [0.15, 0.2) is 0 Å². The maximum atomic E-state index is 11.8. The molecule has 1 aliphatic heterocycles. The van der Waals surface area contributed by atoms with E-state index >= 15 is 0 Å². The van der Waals surface area contributed by atoms with Crippen LogP contribution in [-0.4, -0.2) is 61.4 Å². The number of rotatable bonds is 9. The highest BCUT2D eigenvalue weighted by atomic mass is 16.1. The maximum Gasteiger partial charge on any atom is 0.136 e. The van der Waals surface area contributed by atoms with Crippen LogP contribution in [0.3, 0.4) is 0 Å². The van der Waals surface area contributed by atoms with Crippen molar-refractivity contribution in [1.29, 1.82) is 0 Å². The standard InChI is InChI=1S/C22H37N3O/c1-6-19(4)24-13-15-25(16-14-24)21-9-7-20(8-10-21)17-23(5)12-11-22(26)18(2)3/h7-10,18-19H,6,11-17H2,1-5H3. The number of anilines is 1. The molecule has 4 heteroatoms. The number of Topliss-reactive ketones (excluding diaryl/α,β-unsaturated/α-hetero) is 1. The van der Waals surface area contributed by atoms with Crippen molar-refractivity contribution in [2.24, 2.45) is 5.92 Å².